The Bertz CT molecular complexity index is 1500. The van der Waals surface area contributed by atoms with Crippen LogP contribution < -0.4 is 14.4 Å². The summed E-state index contributed by atoms with van der Waals surface area (Å²) in [5, 5.41) is 12.3. The van der Waals surface area contributed by atoms with E-state index in [1.54, 1.807) is 36.5 Å². The van der Waals surface area contributed by atoms with Crippen LogP contribution in [0, 0.1) is 0 Å². The predicted octanol–water partition coefficient (Wildman–Crippen LogP) is 5.59. The highest BCUT2D eigenvalue weighted by Crippen LogP contribution is 2.44. The number of amides is 1. The predicted molar refractivity (Wildman–Crippen MR) is 138 cm³/mol. The first-order valence-electron chi connectivity index (χ1n) is 11.7. The molecule has 0 radical (unpaired) electrons. The van der Waals surface area contributed by atoms with E-state index in [0.717, 1.165) is 10.9 Å². The summed E-state index contributed by atoms with van der Waals surface area (Å²) in [4.78, 5) is 31.5. The summed E-state index contributed by atoms with van der Waals surface area (Å²) in [6.07, 6.45) is 1.59. The lowest BCUT2D eigenvalue weighted by Gasteiger charge is -2.26. The standard InChI is InChI=1S/C29H26N2O5/c1-17(2)36-21-11-6-8-18(14-21)26-25(27(32)23-16-30-24-13-5-4-12-22(23)24)28(33)29(34)31(26)19-9-7-10-20(15-19)35-3/h4-17,26,30,32H,1-3H3/b27-25-. The topological polar surface area (TPSA) is 91.9 Å². The minimum atomic E-state index is -0.874. The van der Waals surface area contributed by atoms with Crippen LogP contribution >= 0.6 is 0 Å². The molecule has 36 heavy (non-hydrogen) atoms. The number of aliphatic hydroxyl groups excluding tert-OH is 1. The first-order chi connectivity index (χ1) is 17.4. The van der Waals surface area contributed by atoms with Crippen LogP contribution in [0.5, 0.6) is 11.5 Å². The number of Topliss-reactive ketones (excluding diaryl/α,β-unsaturated/α-hetero) is 1. The molecule has 1 unspecified atom stereocenters. The number of benzene rings is 3. The molecule has 4 aromatic rings. The number of aliphatic hydroxyl groups is 1. The second-order valence-electron chi connectivity index (χ2n) is 8.86. The van der Waals surface area contributed by atoms with Gasteiger partial charge in [0.05, 0.1) is 24.8 Å². The van der Waals surface area contributed by atoms with Gasteiger partial charge in [0.15, 0.2) is 0 Å². The molecule has 7 nitrogen and oxygen atoms in total. The molecule has 2 heterocycles. The number of methoxy groups -OCH3 is 1. The third-order valence-electron chi connectivity index (χ3n) is 6.17. The number of ketones is 1. The fraction of sp³-hybridized carbons (Fsp3) is 0.172. The molecule has 0 aliphatic carbocycles. The number of fused-ring (bicyclic) bond motifs is 1. The minimum Gasteiger partial charge on any atom is -0.507 e. The summed E-state index contributed by atoms with van der Waals surface area (Å²) < 4.78 is 11.2. The molecule has 1 amide bonds. The zero-order valence-electron chi connectivity index (χ0n) is 20.2. The number of nitrogens with zero attached hydrogens (tertiary/aromatic N) is 1. The molecule has 1 saturated heterocycles. The number of aromatic amines is 1. The highest BCUT2D eigenvalue weighted by atomic mass is 16.5. The average molecular weight is 483 g/mol. The summed E-state index contributed by atoms with van der Waals surface area (Å²) in [6.45, 7) is 3.85. The molecule has 2 N–H and O–H groups in total. The number of para-hydroxylation sites is 1. The van der Waals surface area contributed by atoms with Gasteiger partial charge in [-0.15, -0.1) is 0 Å². The highest BCUT2D eigenvalue weighted by molar-refractivity contribution is 6.51. The lowest BCUT2D eigenvalue weighted by atomic mass is 9.94. The molecule has 1 aromatic heterocycles. The lowest BCUT2D eigenvalue weighted by molar-refractivity contribution is -0.132. The molecule has 0 spiro atoms. The monoisotopic (exact) mass is 482 g/mol. The smallest absolute Gasteiger partial charge is 0.300 e. The number of H-pyrrole nitrogens is 1. The summed E-state index contributed by atoms with van der Waals surface area (Å²) in [5.41, 5.74) is 2.39. The molecule has 5 rings (SSSR count). The Hall–Kier alpha value is -4.52. The Morgan fingerprint density at radius 2 is 1.72 bits per heavy atom. The molecule has 0 bridgehead atoms. The van der Waals surface area contributed by atoms with Gasteiger partial charge in [0, 0.05) is 34.4 Å². The normalized spacial score (nSPS) is 17.2. The zero-order valence-corrected chi connectivity index (χ0v) is 20.2. The molecule has 1 aliphatic rings. The van der Waals surface area contributed by atoms with E-state index in [1.165, 1.54) is 12.0 Å². The van der Waals surface area contributed by atoms with Gasteiger partial charge in [0.1, 0.15) is 17.3 Å². The largest absolute Gasteiger partial charge is 0.507 e. The van der Waals surface area contributed by atoms with E-state index in [1.807, 2.05) is 56.3 Å². The Morgan fingerprint density at radius 3 is 2.50 bits per heavy atom. The van der Waals surface area contributed by atoms with E-state index in [2.05, 4.69) is 4.98 Å². The second kappa shape index (κ2) is 9.26. The number of hydrogen-bond acceptors (Lipinski definition) is 5. The van der Waals surface area contributed by atoms with Crippen LogP contribution in [0.25, 0.3) is 16.7 Å². The van der Waals surface area contributed by atoms with Crippen molar-refractivity contribution in [2.24, 2.45) is 0 Å². The van der Waals surface area contributed by atoms with Crippen molar-refractivity contribution >= 4 is 34.0 Å². The van der Waals surface area contributed by atoms with Crippen molar-refractivity contribution < 1.29 is 24.2 Å². The molecule has 1 fully saturated rings. The number of carbonyl (C=O) groups is 2. The van der Waals surface area contributed by atoms with E-state index >= 15 is 0 Å². The van der Waals surface area contributed by atoms with Crippen molar-refractivity contribution in [1.82, 2.24) is 4.98 Å². The van der Waals surface area contributed by atoms with Gasteiger partial charge in [-0.2, -0.15) is 0 Å². The van der Waals surface area contributed by atoms with Gasteiger partial charge in [0.2, 0.25) is 0 Å². The Labute approximate surface area is 208 Å². The van der Waals surface area contributed by atoms with E-state index in [9.17, 15) is 14.7 Å². The van der Waals surface area contributed by atoms with E-state index < -0.39 is 17.7 Å². The SMILES string of the molecule is COc1cccc(N2C(=O)C(=O)/C(=C(\O)c3c[nH]c4ccccc34)C2c2cccc(OC(C)C)c2)c1. The van der Waals surface area contributed by atoms with Gasteiger partial charge < -0.3 is 19.6 Å². The Kier molecular flexibility index (Phi) is 5.98. The summed E-state index contributed by atoms with van der Waals surface area (Å²) in [5.74, 6) is -0.588. The maximum absolute atomic E-state index is 13.5. The molecular formula is C29H26N2O5. The zero-order chi connectivity index (χ0) is 25.4. The molecule has 3 aromatic carbocycles. The maximum atomic E-state index is 13.5. The Balaban J connectivity index is 1.74. The number of rotatable bonds is 6. The van der Waals surface area contributed by atoms with E-state index in [4.69, 9.17) is 9.47 Å². The fourth-order valence-electron chi connectivity index (χ4n) is 4.62. The quantitative estimate of drug-likeness (QED) is 0.212. The molecule has 182 valence electrons. The maximum Gasteiger partial charge on any atom is 0.300 e. The molecular weight excluding hydrogens is 456 g/mol. The summed E-state index contributed by atoms with van der Waals surface area (Å²) >= 11 is 0. The minimum absolute atomic E-state index is 0.00858. The van der Waals surface area contributed by atoms with Gasteiger partial charge in [-0.05, 0) is 49.7 Å². The van der Waals surface area contributed by atoms with Gasteiger partial charge in [-0.3, -0.25) is 14.5 Å². The number of carbonyl (C=O) groups excluding carboxylic acids is 2. The third kappa shape index (κ3) is 3.98. The van der Waals surface area contributed by atoms with Crippen LogP contribution in [0.4, 0.5) is 5.69 Å². The molecule has 1 aliphatic heterocycles. The first-order valence-corrected chi connectivity index (χ1v) is 11.7. The molecule has 7 heteroatoms. The number of nitrogens with one attached hydrogen (secondary N) is 1. The van der Waals surface area contributed by atoms with Crippen molar-refractivity contribution in [1.29, 1.82) is 0 Å². The third-order valence-corrected chi connectivity index (χ3v) is 6.17. The number of aromatic nitrogens is 1. The van der Waals surface area contributed by atoms with Crippen LogP contribution in [0.1, 0.15) is 31.0 Å². The Morgan fingerprint density at radius 1 is 0.972 bits per heavy atom. The van der Waals surface area contributed by atoms with Crippen molar-refractivity contribution in [3.63, 3.8) is 0 Å². The highest BCUT2D eigenvalue weighted by Gasteiger charge is 2.47. The number of ether oxygens (including phenoxy) is 2. The van der Waals surface area contributed by atoms with Gasteiger partial charge in [-0.25, -0.2) is 0 Å². The first kappa shape index (κ1) is 23.2. The van der Waals surface area contributed by atoms with Crippen molar-refractivity contribution in [2.45, 2.75) is 26.0 Å². The van der Waals surface area contributed by atoms with Gasteiger partial charge in [-0.1, -0.05) is 36.4 Å². The second-order valence-corrected chi connectivity index (χ2v) is 8.86. The fourth-order valence-corrected chi connectivity index (χ4v) is 4.62. The van der Waals surface area contributed by atoms with Gasteiger partial charge >= 0.3 is 0 Å². The van der Waals surface area contributed by atoms with Crippen LogP contribution in [-0.4, -0.2) is 35.0 Å². The molecule has 0 saturated carbocycles. The van der Waals surface area contributed by atoms with Crippen LogP contribution in [0.15, 0.2) is 84.6 Å². The van der Waals surface area contributed by atoms with Crippen molar-refractivity contribution in [3.8, 4) is 11.5 Å². The number of anilines is 1. The van der Waals surface area contributed by atoms with Crippen molar-refractivity contribution in [3.05, 3.63) is 95.7 Å². The van der Waals surface area contributed by atoms with E-state index in [-0.39, 0.29) is 17.4 Å². The van der Waals surface area contributed by atoms with Crippen LogP contribution in [0.3, 0.4) is 0 Å². The molecule has 1 atom stereocenters. The van der Waals surface area contributed by atoms with Crippen LogP contribution in [-0.2, 0) is 9.59 Å². The van der Waals surface area contributed by atoms with E-state index in [0.29, 0.717) is 28.3 Å². The summed E-state index contributed by atoms with van der Waals surface area (Å²) in [7, 11) is 1.54. The number of hydrogen-bond donors (Lipinski definition) is 2. The lowest BCUT2D eigenvalue weighted by Crippen LogP contribution is -2.29. The summed E-state index contributed by atoms with van der Waals surface area (Å²) in [6, 6.07) is 20.8. The van der Waals surface area contributed by atoms with Crippen LogP contribution in [0.2, 0.25) is 0 Å². The van der Waals surface area contributed by atoms with Gasteiger partial charge in [0.25, 0.3) is 11.7 Å². The van der Waals surface area contributed by atoms with Crippen molar-refractivity contribution in [2.75, 3.05) is 12.0 Å². The average Bonchev–Trinajstić information content (AvgIpc) is 3.42.